The molecule has 8 nitrogen and oxygen atoms in total. The lowest BCUT2D eigenvalue weighted by molar-refractivity contribution is -0.118. The average Bonchev–Trinajstić information content (AvgIpc) is 3.39. The quantitative estimate of drug-likeness (QED) is 0.443. The Morgan fingerprint density at radius 1 is 1.10 bits per heavy atom. The summed E-state index contributed by atoms with van der Waals surface area (Å²) in [4.78, 5) is 40.0. The van der Waals surface area contributed by atoms with Crippen molar-refractivity contribution >= 4 is 46.1 Å². The number of aromatic nitrogens is 1. The lowest BCUT2D eigenvalue weighted by Crippen LogP contribution is -2.48. The summed E-state index contributed by atoms with van der Waals surface area (Å²) in [5.41, 5.74) is 8.15. The van der Waals surface area contributed by atoms with E-state index in [0.29, 0.717) is 24.5 Å². The van der Waals surface area contributed by atoms with E-state index >= 15 is 0 Å². The number of halogens is 1. The maximum absolute atomic E-state index is 13.4. The number of carbonyl (C=O) groups excluding carboxylic acids is 3. The van der Waals surface area contributed by atoms with Crippen molar-refractivity contribution in [1.82, 2.24) is 9.47 Å². The van der Waals surface area contributed by atoms with E-state index in [2.05, 4.69) is 16.2 Å². The number of primary amides is 1. The Bertz CT molecular complexity index is 1370. The van der Waals surface area contributed by atoms with Gasteiger partial charge in [0.1, 0.15) is 5.60 Å². The number of hydrogen-bond donors (Lipinski definition) is 1. The zero-order valence-electron chi connectivity index (χ0n) is 23.1. The van der Waals surface area contributed by atoms with Crippen molar-refractivity contribution < 1.29 is 19.1 Å². The lowest BCUT2D eigenvalue weighted by atomic mass is 10.0. The topological polar surface area (TPSA) is 97.9 Å². The summed E-state index contributed by atoms with van der Waals surface area (Å²) >= 11 is 6.21. The number of nitrogens with zero attached hydrogens (tertiary/aromatic N) is 3. The van der Waals surface area contributed by atoms with Crippen molar-refractivity contribution in [2.75, 3.05) is 18.0 Å². The van der Waals surface area contributed by atoms with Crippen LogP contribution in [0.4, 0.5) is 10.5 Å². The zero-order valence-corrected chi connectivity index (χ0v) is 23.8. The number of benzene rings is 2. The number of rotatable bonds is 4. The maximum Gasteiger partial charge on any atom is 0.405 e. The minimum Gasteiger partial charge on any atom is -0.444 e. The molecule has 5 rings (SSSR count). The second kappa shape index (κ2) is 11.7. The molecule has 39 heavy (non-hydrogen) atoms. The van der Waals surface area contributed by atoms with Crippen LogP contribution in [0.3, 0.4) is 0 Å². The minimum absolute atomic E-state index is 0.0637. The van der Waals surface area contributed by atoms with Crippen LogP contribution < -0.4 is 10.6 Å². The fraction of sp³-hybridized carbons (Fsp3) is 0.433. The molecule has 0 unspecified atom stereocenters. The van der Waals surface area contributed by atoms with Gasteiger partial charge in [0.25, 0.3) is 5.91 Å². The number of ether oxygens (including phenoxy) is 1. The van der Waals surface area contributed by atoms with E-state index in [-0.39, 0.29) is 17.9 Å². The van der Waals surface area contributed by atoms with Crippen LogP contribution in [0, 0.1) is 0 Å². The number of para-hydroxylation sites is 1. The Kier molecular flexibility index (Phi) is 8.54. The van der Waals surface area contributed by atoms with Crippen molar-refractivity contribution in [2.45, 2.75) is 71.6 Å². The van der Waals surface area contributed by atoms with Gasteiger partial charge in [-0.3, -0.25) is 9.59 Å². The van der Waals surface area contributed by atoms with E-state index < -0.39 is 11.7 Å². The number of amides is 3. The molecule has 0 saturated carbocycles. The van der Waals surface area contributed by atoms with Crippen LogP contribution in [0.25, 0.3) is 10.9 Å². The SMILES string of the molecule is CC(C)(C)OC(N)=O.CCCn1cc(C(=O)N2CCC(N3C(=O)Cc4ccccc43)CC2)c2ccc(Cl)cc21. The van der Waals surface area contributed by atoms with Crippen LogP contribution in [0.15, 0.2) is 48.7 Å². The Labute approximate surface area is 234 Å². The summed E-state index contributed by atoms with van der Waals surface area (Å²) in [6.45, 7) is 9.57. The van der Waals surface area contributed by atoms with E-state index in [1.807, 2.05) is 58.5 Å². The summed E-state index contributed by atoms with van der Waals surface area (Å²) in [6, 6.07) is 13.9. The molecule has 2 aliphatic heterocycles. The molecule has 2 N–H and O–H groups in total. The van der Waals surface area contributed by atoms with Crippen LogP contribution in [-0.4, -0.2) is 52.1 Å². The van der Waals surface area contributed by atoms with Gasteiger partial charge in [0, 0.05) is 48.0 Å². The Morgan fingerprint density at radius 3 is 2.41 bits per heavy atom. The average molecular weight is 553 g/mol. The molecular formula is C30H37ClN4O4. The Morgan fingerprint density at radius 2 is 1.79 bits per heavy atom. The molecule has 0 aliphatic carbocycles. The van der Waals surface area contributed by atoms with Crippen LogP contribution >= 0.6 is 11.6 Å². The third-order valence-corrected chi connectivity index (χ3v) is 7.16. The van der Waals surface area contributed by atoms with Gasteiger partial charge in [-0.25, -0.2) is 4.79 Å². The zero-order chi connectivity index (χ0) is 28.3. The standard InChI is InChI=1S/C25H26ClN3O2.C5H11NO2/c1-2-11-28-16-21(20-8-7-18(26)15-23(20)28)25(31)27-12-9-19(10-13-27)29-22-6-4-3-5-17(22)14-24(29)30;1-5(2,3)8-4(6)7/h3-8,15-16,19H,2,9-14H2,1H3;1-3H3,(H2,6,7). The summed E-state index contributed by atoms with van der Waals surface area (Å²) in [5.74, 6) is 0.235. The molecule has 0 bridgehead atoms. The maximum atomic E-state index is 13.4. The number of hydrogen-bond acceptors (Lipinski definition) is 4. The number of carbonyl (C=O) groups is 3. The van der Waals surface area contributed by atoms with Crippen LogP contribution in [-0.2, 0) is 22.5 Å². The molecule has 0 radical (unpaired) electrons. The predicted octanol–water partition coefficient (Wildman–Crippen LogP) is 5.78. The van der Waals surface area contributed by atoms with Gasteiger partial charge >= 0.3 is 6.09 Å². The second-order valence-electron chi connectivity index (χ2n) is 11.0. The second-order valence-corrected chi connectivity index (χ2v) is 11.5. The molecule has 2 aliphatic rings. The summed E-state index contributed by atoms with van der Waals surface area (Å²) in [6.07, 6.45) is 4.31. The molecule has 0 atom stereocenters. The van der Waals surface area contributed by atoms with Gasteiger partial charge in [-0.05, 0) is 63.8 Å². The van der Waals surface area contributed by atoms with Crippen molar-refractivity contribution in [3.63, 3.8) is 0 Å². The first-order valence-corrected chi connectivity index (χ1v) is 13.8. The normalized spacial score (nSPS) is 15.7. The number of fused-ring (bicyclic) bond motifs is 2. The first-order chi connectivity index (χ1) is 18.5. The predicted molar refractivity (Wildman–Crippen MR) is 154 cm³/mol. The van der Waals surface area contributed by atoms with Gasteiger partial charge in [-0.15, -0.1) is 0 Å². The van der Waals surface area contributed by atoms with Gasteiger partial charge in [0.15, 0.2) is 0 Å². The van der Waals surface area contributed by atoms with Crippen molar-refractivity contribution in [2.24, 2.45) is 5.73 Å². The largest absolute Gasteiger partial charge is 0.444 e. The Hall–Kier alpha value is -3.52. The first kappa shape index (κ1) is 28.5. The van der Waals surface area contributed by atoms with E-state index in [1.54, 1.807) is 20.8 Å². The smallest absolute Gasteiger partial charge is 0.405 e. The van der Waals surface area contributed by atoms with Crippen molar-refractivity contribution in [3.8, 4) is 0 Å². The summed E-state index contributed by atoms with van der Waals surface area (Å²) < 4.78 is 6.70. The molecule has 0 spiro atoms. The third kappa shape index (κ3) is 6.56. The number of anilines is 1. The first-order valence-electron chi connectivity index (χ1n) is 13.4. The highest BCUT2D eigenvalue weighted by Crippen LogP contribution is 2.34. The number of likely N-dealkylation sites (tertiary alicyclic amines) is 1. The molecule has 1 fully saturated rings. The molecule has 3 amide bonds. The minimum atomic E-state index is -0.725. The number of aryl methyl sites for hydroxylation is 1. The Balaban J connectivity index is 0.000000386. The van der Waals surface area contributed by atoms with Crippen LogP contribution in [0.2, 0.25) is 5.02 Å². The van der Waals surface area contributed by atoms with Crippen molar-refractivity contribution in [3.05, 3.63) is 64.8 Å². The third-order valence-electron chi connectivity index (χ3n) is 6.92. The molecular weight excluding hydrogens is 516 g/mol. The van der Waals surface area contributed by atoms with Crippen LogP contribution in [0.1, 0.15) is 62.9 Å². The highest BCUT2D eigenvalue weighted by Gasteiger charge is 2.35. The highest BCUT2D eigenvalue weighted by atomic mass is 35.5. The number of nitrogens with two attached hydrogens (primary N) is 1. The lowest BCUT2D eigenvalue weighted by Gasteiger charge is -2.37. The summed E-state index contributed by atoms with van der Waals surface area (Å²) in [7, 11) is 0. The van der Waals surface area contributed by atoms with Gasteiger partial charge in [-0.1, -0.05) is 42.8 Å². The molecule has 9 heteroatoms. The molecule has 3 heterocycles. The van der Waals surface area contributed by atoms with Gasteiger partial charge in [0.05, 0.1) is 17.5 Å². The van der Waals surface area contributed by atoms with Crippen LogP contribution in [0.5, 0.6) is 0 Å². The van der Waals surface area contributed by atoms with Gasteiger partial charge in [-0.2, -0.15) is 0 Å². The molecule has 1 aromatic heterocycles. The molecule has 2 aromatic carbocycles. The van der Waals surface area contributed by atoms with E-state index in [9.17, 15) is 14.4 Å². The van der Waals surface area contributed by atoms with Gasteiger partial charge in [0.2, 0.25) is 5.91 Å². The summed E-state index contributed by atoms with van der Waals surface area (Å²) in [5, 5.41) is 1.63. The molecule has 1 saturated heterocycles. The monoisotopic (exact) mass is 552 g/mol. The number of piperidine rings is 1. The van der Waals surface area contributed by atoms with Crippen molar-refractivity contribution in [1.29, 1.82) is 0 Å². The van der Waals surface area contributed by atoms with E-state index in [0.717, 1.165) is 53.5 Å². The molecule has 208 valence electrons. The van der Waals surface area contributed by atoms with E-state index in [1.165, 1.54) is 0 Å². The highest BCUT2D eigenvalue weighted by molar-refractivity contribution is 6.31. The van der Waals surface area contributed by atoms with E-state index in [4.69, 9.17) is 17.3 Å². The molecule has 3 aromatic rings. The fourth-order valence-corrected chi connectivity index (χ4v) is 5.51. The van der Waals surface area contributed by atoms with Gasteiger partial charge < -0.3 is 24.8 Å². The fourth-order valence-electron chi connectivity index (χ4n) is 5.34.